The Morgan fingerprint density at radius 3 is 3.00 bits per heavy atom. The van der Waals surface area contributed by atoms with Crippen molar-refractivity contribution in [3.63, 3.8) is 0 Å². The van der Waals surface area contributed by atoms with Crippen LogP contribution in [0.1, 0.15) is 0 Å². The van der Waals surface area contributed by atoms with E-state index >= 15 is 0 Å². The fourth-order valence-electron chi connectivity index (χ4n) is 1.08. The van der Waals surface area contributed by atoms with E-state index in [4.69, 9.17) is 0 Å². The van der Waals surface area contributed by atoms with E-state index in [1.807, 2.05) is 29.6 Å². The first-order valence-electron chi connectivity index (χ1n) is 3.61. The third kappa shape index (κ3) is 0.903. The highest BCUT2D eigenvalue weighted by molar-refractivity contribution is 5.45. The summed E-state index contributed by atoms with van der Waals surface area (Å²) in [6, 6.07) is 0. The van der Waals surface area contributed by atoms with Gasteiger partial charge in [0.1, 0.15) is 0 Å². The molecular formula is C7H9N5. The molecule has 2 heterocycles. The van der Waals surface area contributed by atoms with E-state index in [0.717, 1.165) is 11.6 Å². The van der Waals surface area contributed by atoms with Crippen LogP contribution in [-0.2, 0) is 0 Å². The first-order valence-corrected chi connectivity index (χ1v) is 3.61. The van der Waals surface area contributed by atoms with E-state index < -0.39 is 0 Å². The molecule has 0 aromatic carbocycles. The van der Waals surface area contributed by atoms with Gasteiger partial charge >= 0.3 is 0 Å². The summed E-state index contributed by atoms with van der Waals surface area (Å²) in [5.41, 5.74) is 0.765. The zero-order chi connectivity index (χ0) is 8.55. The predicted octanol–water partition coefficient (Wildman–Crippen LogP) is 0.190. The second kappa shape index (κ2) is 2.44. The lowest BCUT2D eigenvalue weighted by atomic mass is 10.7. The average molecular weight is 163 g/mol. The second-order valence-electron chi connectivity index (χ2n) is 2.69. The summed E-state index contributed by atoms with van der Waals surface area (Å²) >= 11 is 0. The Balaban J connectivity index is 2.70. The zero-order valence-electron chi connectivity index (χ0n) is 6.97. The first kappa shape index (κ1) is 7.02. The third-order valence-corrected chi connectivity index (χ3v) is 1.60. The van der Waals surface area contributed by atoms with Crippen LogP contribution in [0.2, 0.25) is 0 Å². The molecule has 0 fully saturated rings. The Labute approximate surface area is 69.7 Å². The second-order valence-corrected chi connectivity index (χ2v) is 2.69. The summed E-state index contributed by atoms with van der Waals surface area (Å²) in [5, 5.41) is 7.66. The van der Waals surface area contributed by atoms with Crippen LogP contribution < -0.4 is 4.90 Å². The molecule has 0 N–H and O–H groups in total. The van der Waals surface area contributed by atoms with Crippen LogP contribution in [0.3, 0.4) is 0 Å². The molecule has 0 saturated carbocycles. The number of hydrogen-bond donors (Lipinski definition) is 0. The molecule has 5 nitrogen and oxygen atoms in total. The van der Waals surface area contributed by atoms with Gasteiger partial charge in [0, 0.05) is 20.3 Å². The van der Waals surface area contributed by atoms with Gasteiger partial charge in [0.15, 0.2) is 5.65 Å². The number of anilines is 1. The topological polar surface area (TPSA) is 46.3 Å². The van der Waals surface area contributed by atoms with Crippen molar-refractivity contribution in [3.8, 4) is 0 Å². The molecule has 0 atom stereocenters. The molecule has 0 aliphatic carbocycles. The molecule has 0 unspecified atom stereocenters. The molecule has 0 spiro atoms. The SMILES string of the molecule is CN(C)c1ncc2nnccn12. The fourth-order valence-corrected chi connectivity index (χ4v) is 1.08. The van der Waals surface area contributed by atoms with Crippen molar-refractivity contribution in [1.29, 1.82) is 0 Å². The number of nitrogens with zero attached hydrogens (tertiary/aromatic N) is 5. The minimum Gasteiger partial charge on any atom is -0.348 e. The standard InChI is InChI=1S/C7H9N5/c1-11(2)7-8-5-6-10-9-3-4-12(6)7/h3-5H,1-2H3. The lowest BCUT2D eigenvalue weighted by Gasteiger charge is -2.08. The van der Waals surface area contributed by atoms with Crippen molar-refractivity contribution < 1.29 is 0 Å². The highest BCUT2D eigenvalue weighted by Crippen LogP contribution is 2.09. The van der Waals surface area contributed by atoms with E-state index in [1.165, 1.54) is 0 Å². The first-order chi connectivity index (χ1) is 5.79. The van der Waals surface area contributed by atoms with Gasteiger partial charge in [-0.3, -0.25) is 4.40 Å². The van der Waals surface area contributed by atoms with Gasteiger partial charge in [0.05, 0.1) is 12.4 Å². The Bertz CT molecular complexity index is 391. The van der Waals surface area contributed by atoms with Crippen molar-refractivity contribution >= 4 is 11.6 Å². The van der Waals surface area contributed by atoms with Gasteiger partial charge in [0.25, 0.3) is 0 Å². The summed E-state index contributed by atoms with van der Waals surface area (Å²) in [6.07, 6.45) is 5.18. The molecule has 0 saturated heterocycles. The monoisotopic (exact) mass is 163 g/mol. The average Bonchev–Trinajstić information content (AvgIpc) is 2.47. The summed E-state index contributed by atoms with van der Waals surface area (Å²) < 4.78 is 1.88. The quantitative estimate of drug-likeness (QED) is 0.602. The Kier molecular flexibility index (Phi) is 1.43. The molecule has 12 heavy (non-hydrogen) atoms. The maximum atomic E-state index is 4.18. The summed E-state index contributed by atoms with van der Waals surface area (Å²) in [6.45, 7) is 0. The van der Waals surface area contributed by atoms with Crippen molar-refractivity contribution in [2.75, 3.05) is 19.0 Å². The van der Waals surface area contributed by atoms with Gasteiger partial charge in [-0.1, -0.05) is 0 Å². The molecule has 2 rings (SSSR count). The van der Waals surface area contributed by atoms with Gasteiger partial charge < -0.3 is 4.90 Å². The zero-order valence-corrected chi connectivity index (χ0v) is 6.97. The molecule has 62 valence electrons. The van der Waals surface area contributed by atoms with Crippen molar-refractivity contribution in [3.05, 3.63) is 18.6 Å². The Hall–Kier alpha value is -1.65. The molecule has 2 aromatic rings. The van der Waals surface area contributed by atoms with Gasteiger partial charge in [-0.25, -0.2) is 4.98 Å². The molecule has 0 aliphatic heterocycles. The van der Waals surface area contributed by atoms with Gasteiger partial charge in [-0.15, -0.1) is 5.10 Å². The lowest BCUT2D eigenvalue weighted by Crippen LogP contribution is -2.12. The van der Waals surface area contributed by atoms with Gasteiger partial charge in [0.2, 0.25) is 5.95 Å². The van der Waals surface area contributed by atoms with Crippen molar-refractivity contribution in [2.45, 2.75) is 0 Å². The molecule has 0 aliphatic rings. The van der Waals surface area contributed by atoms with Crippen LogP contribution in [-0.4, -0.2) is 33.7 Å². The van der Waals surface area contributed by atoms with E-state index in [0.29, 0.717) is 0 Å². The number of hydrogen-bond acceptors (Lipinski definition) is 4. The van der Waals surface area contributed by atoms with Crippen molar-refractivity contribution in [1.82, 2.24) is 19.6 Å². The number of imidazole rings is 1. The maximum Gasteiger partial charge on any atom is 0.210 e. The Morgan fingerprint density at radius 2 is 2.25 bits per heavy atom. The largest absolute Gasteiger partial charge is 0.348 e. The predicted molar refractivity (Wildman–Crippen MR) is 45.1 cm³/mol. The fraction of sp³-hybridized carbons (Fsp3) is 0.286. The highest BCUT2D eigenvalue weighted by Gasteiger charge is 2.04. The molecule has 5 heteroatoms. The van der Waals surface area contributed by atoms with Crippen LogP contribution in [0.25, 0.3) is 5.65 Å². The van der Waals surface area contributed by atoms with Crippen LogP contribution in [0, 0.1) is 0 Å². The van der Waals surface area contributed by atoms with Crippen molar-refractivity contribution in [2.24, 2.45) is 0 Å². The van der Waals surface area contributed by atoms with Crippen LogP contribution in [0.5, 0.6) is 0 Å². The van der Waals surface area contributed by atoms with Crippen LogP contribution in [0.4, 0.5) is 5.95 Å². The minimum atomic E-state index is 0.765. The molecular weight excluding hydrogens is 154 g/mol. The summed E-state index contributed by atoms with van der Waals surface area (Å²) in [7, 11) is 3.88. The Morgan fingerprint density at radius 1 is 1.42 bits per heavy atom. The van der Waals surface area contributed by atoms with E-state index in [2.05, 4.69) is 15.2 Å². The van der Waals surface area contributed by atoms with Crippen LogP contribution in [0.15, 0.2) is 18.6 Å². The molecule has 2 aromatic heterocycles. The summed E-state index contributed by atoms with van der Waals surface area (Å²) in [4.78, 5) is 6.11. The number of fused-ring (bicyclic) bond motifs is 1. The number of aromatic nitrogens is 4. The van der Waals surface area contributed by atoms with Crippen LogP contribution >= 0.6 is 0 Å². The third-order valence-electron chi connectivity index (χ3n) is 1.60. The van der Waals surface area contributed by atoms with E-state index in [1.54, 1.807) is 12.4 Å². The highest BCUT2D eigenvalue weighted by atomic mass is 15.3. The molecule has 0 amide bonds. The smallest absolute Gasteiger partial charge is 0.210 e. The summed E-state index contributed by atoms with van der Waals surface area (Å²) in [5.74, 6) is 0.861. The normalized spacial score (nSPS) is 10.5. The maximum absolute atomic E-state index is 4.18. The number of rotatable bonds is 1. The minimum absolute atomic E-state index is 0.765. The van der Waals surface area contributed by atoms with Gasteiger partial charge in [-0.2, -0.15) is 5.10 Å². The molecule has 0 bridgehead atoms. The lowest BCUT2D eigenvalue weighted by molar-refractivity contribution is 0.943. The van der Waals surface area contributed by atoms with E-state index in [-0.39, 0.29) is 0 Å². The van der Waals surface area contributed by atoms with E-state index in [9.17, 15) is 0 Å². The van der Waals surface area contributed by atoms with Gasteiger partial charge in [-0.05, 0) is 0 Å². The molecule has 0 radical (unpaired) electrons.